The summed E-state index contributed by atoms with van der Waals surface area (Å²) in [5.74, 6) is 0. The molecule has 1 nitrogen and oxygen atoms in total. The molecule has 0 unspecified atom stereocenters. The Morgan fingerprint density at radius 3 is 2.69 bits per heavy atom. The zero-order valence-corrected chi connectivity index (χ0v) is 7.42. The number of benzene rings is 1. The van der Waals surface area contributed by atoms with E-state index < -0.39 is 0 Å². The molecule has 1 radical (unpaired) electrons. The predicted molar refractivity (Wildman–Crippen MR) is 55.2 cm³/mol. The molecule has 0 aliphatic rings. The first-order valence-corrected chi connectivity index (χ1v) is 4.06. The van der Waals surface area contributed by atoms with Gasteiger partial charge in [-0.3, -0.25) is 4.79 Å². The minimum Gasteiger partial charge on any atom is -0.285 e. The first kappa shape index (κ1) is 9.46. The van der Waals surface area contributed by atoms with Gasteiger partial charge in [0.15, 0.2) is 0 Å². The summed E-state index contributed by atoms with van der Waals surface area (Å²) < 4.78 is 0. The molecule has 0 fully saturated rings. The minimum absolute atomic E-state index is 0.572. The molecule has 1 aromatic rings. The fourth-order valence-corrected chi connectivity index (χ4v) is 1.20. The molecule has 0 saturated carbocycles. The fourth-order valence-electron chi connectivity index (χ4n) is 1.20. The Labute approximate surface area is 78.4 Å². The van der Waals surface area contributed by atoms with Gasteiger partial charge in [0.05, 0.1) is 0 Å². The molecule has 0 bridgehead atoms. The molecule has 0 spiro atoms. The lowest BCUT2D eigenvalue weighted by molar-refractivity contribution is 0.562. The van der Waals surface area contributed by atoms with E-state index in [2.05, 4.69) is 13.2 Å². The van der Waals surface area contributed by atoms with Crippen LogP contribution in [0.5, 0.6) is 0 Å². The van der Waals surface area contributed by atoms with Crippen LogP contribution in [0.2, 0.25) is 0 Å². The topological polar surface area (TPSA) is 17.1 Å². The predicted octanol–water partition coefficient (Wildman–Crippen LogP) is 2.52. The summed E-state index contributed by atoms with van der Waals surface area (Å²) in [7, 11) is 0. The van der Waals surface area contributed by atoms with Crippen molar-refractivity contribution >= 4 is 12.4 Å². The summed E-state index contributed by atoms with van der Waals surface area (Å²) in [5.41, 5.74) is 2.67. The van der Waals surface area contributed by atoms with E-state index in [-0.39, 0.29) is 0 Å². The van der Waals surface area contributed by atoms with Crippen LogP contribution in [-0.2, 0) is 11.2 Å². The molecule has 1 aromatic carbocycles. The van der Waals surface area contributed by atoms with Gasteiger partial charge in [-0.15, -0.1) is 6.58 Å². The lowest BCUT2D eigenvalue weighted by Gasteiger charge is -2.03. The van der Waals surface area contributed by atoms with Crippen molar-refractivity contribution in [2.24, 2.45) is 0 Å². The Balaban J connectivity index is 3.16. The van der Waals surface area contributed by atoms with E-state index >= 15 is 0 Å². The molecule has 0 saturated heterocycles. The number of allylic oxidation sites excluding steroid dienone is 1. The molecule has 0 aliphatic carbocycles. The van der Waals surface area contributed by atoms with Crippen LogP contribution in [-0.4, -0.2) is 6.29 Å². The molecule has 65 valence electrons. The number of rotatable bonds is 4. The van der Waals surface area contributed by atoms with Crippen LogP contribution in [0.3, 0.4) is 0 Å². The molecule has 1 rings (SSSR count). The van der Waals surface area contributed by atoms with Gasteiger partial charge < -0.3 is 0 Å². The highest BCUT2D eigenvalue weighted by Gasteiger charge is 1.99. The highest BCUT2D eigenvalue weighted by atomic mass is 16.1. The van der Waals surface area contributed by atoms with Crippen molar-refractivity contribution in [2.45, 2.75) is 6.42 Å². The first-order chi connectivity index (χ1) is 6.31. The highest BCUT2D eigenvalue weighted by Crippen LogP contribution is 2.13. The van der Waals surface area contributed by atoms with Gasteiger partial charge in [0.1, 0.15) is 0 Å². The Morgan fingerprint density at radius 2 is 2.15 bits per heavy atom. The van der Waals surface area contributed by atoms with E-state index in [1.54, 1.807) is 18.2 Å². The third kappa shape index (κ3) is 2.15. The number of hydrogen-bond acceptors (Lipinski definition) is 1. The smallest absolute Gasteiger partial charge is 0.233 e. The maximum atomic E-state index is 10.4. The molecule has 0 atom stereocenters. The quantitative estimate of drug-likeness (QED) is 0.636. The molecule has 1 heteroatoms. The molecule has 0 amide bonds. The van der Waals surface area contributed by atoms with Gasteiger partial charge in [-0.05, 0) is 23.6 Å². The zero-order valence-electron chi connectivity index (χ0n) is 7.42. The molecule has 13 heavy (non-hydrogen) atoms. The van der Waals surface area contributed by atoms with E-state index in [0.717, 1.165) is 17.5 Å². The van der Waals surface area contributed by atoms with Crippen LogP contribution in [0.4, 0.5) is 0 Å². The molecule has 0 aliphatic heterocycles. The van der Waals surface area contributed by atoms with Crippen LogP contribution >= 0.6 is 0 Å². The van der Waals surface area contributed by atoms with Crippen molar-refractivity contribution < 1.29 is 4.79 Å². The van der Waals surface area contributed by atoms with E-state index in [0.29, 0.717) is 5.56 Å². The van der Waals surface area contributed by atoms with Crippen molar-refractivity contribution in [3.8, 4) is 0 Å². The Morgan fingerprint density at radius 1 is 1.38 bits per heavy atom. The van der Waals surface area contributed by atoms with Crippen LogP contribution in [0.25, 0.3) is 6.08 Å². The second-order valence-corrected chi connectivity index (χ2v) is 2.71. The lowest BCUT2D eigenvalue weighted by atomic mass is 10.0. The van der Waals surface area contributed by atoms with Crippen molar-refractivity contribution in [2.75, 3.05) is 0 Å². The third-order valence-corrected chi connectivity index (χ3v) is 1.84. The maximum absolute atomic E-state index is 10.4. The summed E-state index contributed by atoms with van der Waals surface area (Å²) in [6, 6.07) is 5.41. The van der Waals surface area contributed by atoms with E-state index in [9.17, 15) is 4.79 Å². The van der Waals surface area contributed by atoms with Gasteiger partial charge in [0.2, 0.25) is 6.29 Å². The number of carbonyl (C=O) groups excluding carboxylic acids is 1. The van der Waals surface area contributed by atoms with Crippen LogP contribution in [0, 0.1) is 0 Å². The Kier molecular flexibility index (Phi) is 3.21. The van der Waals surface area contributed by atoms with Crippen molar-refractivity contribution in [3.05, 3.63) is 54.1 Å². The fraction of sp³-hybridized carbons (Fsp3) is 0.0833. The summed E-state index contributed by atoms with van der Waals surface area (Å²) in [4.78, 5) is 10.4. The van der Waals surface area contributed by atoms with Gasteiger partial charge in [-0.1, -0.05) is 30.9 Å². The highest BCUT2D eigenvalue weighted by molar-refractivity contribution is 5.76. The molecular weight excluding hydrogens is 160 g/mol. The van der Waals surface area contributed by atoms with Gasteiger partial charge >= 0.3 is 0 Å². The van der Waals surface area contributed by atoms with Crippen molar-refractivity contribution in [3.63, 3.8) is 0 Å². The van der Waals surface area contributed by atoms with Crippen molar-refractivity contribution in [1.82, 2.24) is 0 Å². The normalized spacial score (nSPS) is 9.23. The Bertz CT molecular complexity index is 337. The summed E-state index contributed by atoms with van der Waals surface area (Å²) in [6.07, 6.45) is 6.18. The van der Waals surface area contributed by atoms with Crippen LogP contribution < -0.4 is 0 Å². The summed E-state index contributed by atoms with van der Waals surface area (Å²) in [6.45, 7) is 7.35. The molecule has 0 aromatic heterocycles. The molecule has 0 N–H and O–H groups in total. The summed E-state index contributed by atoms with van der Waals surface area (Å²) >= 11 is 0. The average molecular weight is 171 g/mol. The standard InChI is InChI=1S/C12H11O/c1-3-5-12-8-10(9-13)6-7-11(12)4-2/h3-4,6-8H,1-2,5H2. The average Bonchev–Trinajstić information content (AvgIpc) is 2.18. The summed E-state index contributed by atoms with van der Waals surface area (Å²) in [5, 5.41) is 0. The lowest BCUT2D eigenvalue weighted by Crippen LogP contribution is -1.90. The van der Waals surface area contributed by atoms with Crippen molar-refractivity contribution in [1.29, 1.82) is 0 Å². The third-order valence-electron chi connectivity index (χ3n) is 1.84. The maximum Gasteiger partial charge on any atom is 0.233 e. The molecule has 0 heterocycles. The van der Waals surface area contributed by atoms with Gasteiger partial charge in [0.25, 0.3) is 0 Å². The minimum atomic E-state index is 0.572. The monoisotopic (exact) mass is 171 g/mol. The van der Waals surface area contributed by atoms with Gasteiger partial charge in [-0.25, -0.2) is 0 Å². The van der Waals surface area contributed by atoms with Gasteiger partial charge in [0, 0.05) is 5.56 Å². The zero-order chi connectivity index (χ0) is 9.68. The van der Waals surface area contributed by atoms with Crippen LogP contribution in [0.1, 0.15) is 16.7 Å². The van der Waals surface area contributed by atoms with Gasteiger partial charge in [-0.2, -0.15) is 0 Å². The Hall–Kier alpha value is -1.63. The largest absolute Gasteiger partial charge is 0.285 e. The first-order valence-electron chi connectivity index (χ1n) is 4.06. The molecular formula is C12H11O. The second kappa shape index (κ2) is 4.41. The second-order valence-electron chi connectivity index (χ2n) is 2.71. The van der Waals surface area contributed by atoms with E-state index in [1.807, 2.05) is 18.4 Å². The number of hydrogen-bond donors (Lipinski definition) is 0. The SMILES string of the molecule is C=CCc1cc([C]=O)ccc1C=C. The van der Waals surface area contributed by atoms with E-state index in [1.165, 1.54) is 0 Å². The van der Waals surface area contributed by atoms with Crippen LogP contribution in [0.15, 0.2) is 37.4 Å². The van der Waals surface area contributed by atoms with E-state index in [4.69, 9.17) is 0 Å².